The van der Waals surface area contributed by atoms with E-state index in [1.807, 2.05) is 231 Å². The van der Waals surface area contributed by atoms with Crippen LogP contribution in [-0.4, -0.2) is 49.4 Å². The molecule has 0 spiro atoms. The smallest absolute Gasteiger partial charge is 0.489 e. The maximum Gasteiger partial charge on any atom is 0.509 e. The highest BCUT2D eigenvalue weighted by Crippen LogP contribution is 2.48. The minimum Gasteiger partial charge on any atom is -0.489 e. The fraction of sp³-hybridized carbons (Fsp3) is 0.205. The molecule has 3 aliphatic heterocycles. The van der Waals surface area contributed by atoms with Gasteiger partial charge in [0.25, 0.3) is 0 Å². The van der Waals surface area contributed by atoms with Crippen LogP contribution in [0.3, 0.4) is 0 Å². The predicted octanol–water partition coefficient (Wildman–Crippen LogP) is 15.7. The molecule has 0 N–H and O–H groups in total. The molecule has 0 unspecified atom stereocenters. The van der Waals surface area contributed by atoms with E-state index in [2.05, 4.69) is 0 Å². The van der Waals surface area contributed by atoms with Gasteiger partial charge in [-0.05, 0) is 63.2 Å². The highest BCUT2D eigenvalue weighted by Gasteiger charge is 2.61. The summed E-state index contributed by atoms with van der Waals surface area (Å²) in [5.74, 6) is 2.05. The number of fused-ring (bicyclic) bond motifs is 2. The van der Waals surface area contributed by atoms with E-state index < -0.39 is 42.3 Å². The van der Waals surface area contributed by atoms with Gasteiger partial charge < -0.3 is 61.6 Å². The van der Waals surface area contributed by atoms with Crippen molar-refractivity contribution in [2.75, 3.05) is 13.2 Å². The van der Waals surface area contributed by atoms with Crippen molar-refractivity contribution in [3.05, 3.63) is 310 Å². The molecule has 10 aromatic rings. The number of hydrogen-bond acceptors (Lipinski definition) is 15. The maximum absolute atomic E-state index is 15.5. The number of carbonyl (C=O) groups is 2. The van der Waals surface area contributed by atoms with Crippen LogP contribution < -0.4 is 37.9 Å². The molecule has 470 valence electrons. The SMILES string of the molecule is O=C1O[C@H]2[C@H](Oc3cc(OCc4ccccc4)cc4c3C[C@@H](OC(=O)c3cc(OCc5ccccc5)c(OCc5ccccc5)c(OCc5ccccc5)c3)[C@@H](c3ccc(OCc5ccccc5)c(OCc5ccccc5)c3)O4)OC[C@@]2(CCOCc2ccccc2)O1. The van der Waals surface area contributed by atoms with Gasteiger partial charge in [-0.3, -0.25) is 0 Å². The molecule has 5 atom stereocenters. The van der Waals surface area contributed by atoms with E-state index in [-0.39, 0.29) is 88.5 Å². The van der Waals surface area contributed by atoms with Crippen LogP contribution in [0, 0.1) is 0 Å². The quantitative estimate of drug-likeness (QED) is 0.0337. The third-order valence-electron chi connectivity index (χ3n) is 16.2. The molecule has 0 bridgehead atoms. The van der Waals surface area contributed by atoms with E-state index in [1.54, 1.807) is 24.3 Å². The highest BCUT2D eigenvalue weighted by molar-refractivity contribution is 5.91. The molecule has 2 saturated heterocycles. The number of ether oxygens (including phenoxy) is 13. The molecule has 0 amide bonds. The molecule has 3 aliphatic rings. The van der Waals surface area contributed by atoms with E-state index in [4.69, 9.17) is 61.6 Å². The normalized spacial score (nSPS) is 17.7. The first-order valence-electron chi connectivity index (χ1n) is 31.0. The van der Waals surface area contributed by atoms with Crippen LogP contribution in [0.1, 0.15) is 73.0 Å². The van der Waals surface area contributed by atoms with Gasteiger partial charge in [-0.15, -0.1) is 0 Å². The van der Waals surface area contributed by atoms with Crippen molar-refractivity contribution in [3.8, 4) is 46.0 Å². The largest absolute Gasteiger partial charge is 0.509 e. The lowest BCUT2D eigenvalue weighted by Gasteiger charge is -2.35. The van der Waals surface area contributed by atoms with Gasteiger partial charge in [-0.2, -0.15) is 0 Å². The van der Waals surface area contributed by atoms with Crippen molar-refractivity contribution in [2.24, 2.45) is 0 Å². The van der Waals surface area contributed by atoms with Crippen molar-refractivity contribution in [1.82, 2.24) is 0 Å². The third kappa shape index (κ3) is 15.5. The van der Waals surface area contributed by atoms with Gasteiger partial charge >= 0.3 is 12.1 Å². The second kappa shape index (κ2) is 29.5. The monoisotopic (exact) mass is 1240 g/mol. The van der Waals surface area contributed by atoms with Crippen LogP contribution in [0.4, 0.5) is 4.79 Å². The fourth-order valence-corrected chi connectivity index (χ4v) is 11.3. The third-order valence-corrected chi connectivity index (χ3v) is 16.2. The molecule has 0 radical (unpaired) electrons. The van der Waals surface area contributed by atoms with E-state index in [9.17, 15) is 4.79 Å². The molecular weight excluding hydrogens is 1180 g/mol. The zero-order valence-electron chi connectivity index (χ0n) is 51.0. The molecule has 13 rings (SSSR count). The molecule has 3 heterocycles. The van der Waals surface area contributed by atoms with E-state index in [0.717, 1.165) is 38.9 Å². The van der Waals surface area contributed by atoms with Crippen molar-refractivity contribution in [3.63, 3.8) is 0 Å². The summed E-state index contributed by atoms with van der Waals surface area (Å²) in [5.41, 5.74) is 6.54. The van der Waals surface area contributed by atoms with Crippen molar-refractivity contribution in [2.45, 2.75) is 89.3 Å². The predicted molar refractivity (Wildman–Crippen MR) is 345 cm³/mol. The van der Waals surface area contributed by atoms with Gasteiger partial charge in [-0.1, -0.05) is 218 Å². The lowest BCUT2D eigenvalue weighted by molar-refractivity contribution is -0.0920. The first-order valence-corrected chi connectivity index (χ1v) is 31.0. The molecule has 0 aliphatic carbocycles. The van der Waals surface area contributed by atoms with Gasteiger partial charge in [0.15, 0.2) is 34.7 Å². The summed E-state index contributed by atoms with van der Waals surface area (Å²) in [7, 11) is 0. The number of esters is 1. The van der Waals surface area contributed by atoms with Crippen LogP contribution in [0.5, 0.6) is 46.0 Å². The Balaban J connectivity index is 0.879. The zero-order valence-corrected chi connectivity index (χ0v) is 51.0. The van der Waals surface area contributed by atoms with Crippen molar-refractivity contribution < 1.29 is 71.2 Å². The Morgan fingerprint density at radius 2 is 0.914 bits per heavy atom. The van der Waals surface area contributed by atoms with Crippen molar-refractivity contribution in [1.29, 1.82) is 0 Å². The van der Waals surface area contributed by atoms with Crippen LogP contribution in [0.15, 0.2) is 255 Å². The second-order valence-corrected chi connectivity index (χ2v) is 22.8. The number of benzene rings is 10. The Morgan fingerprint density at radius 3 is 1.43 bits per heavy atom. The summed E-state index contributed by atoms with van der Waals surface area (Å²) in [6.07, 6.45) is -4.76. The van der Waals surface area contributed by atoms with E-state index in [0.29, 0.717) is 46.5 Å². The van der Waals surface area contributed by atoms with Crippen molar-refractivity contribution >= 4 is 12.1 Å². The summed E-state index contributed by atoms with van der Waals surface area (Å²) in [5, 5.41) is 0. The molecular formula is C78H68O15. The second-order valence-electron chi connectivity index (χ2n) is 22.8. The minimum absolute atomic E-state index is 0.0299. The number of rotatable bonds is 28. The zero-order chi connectivity index (χ0) is 63.0. The number of carbonyl (C=O) groups excluding carboxylic acids is 2. The Morgan fingerprint density at radius 1 is 0.452 bits per heavy atom. The maximum atomic E-state index is 15.5. The average molecular weight is 1250 g/mol. The fourth-order valence-electron chi connectivity index (χ4n) is 11.3. The molecule has 10 aromatic carbocycles. The first-order chi connectivity index (χ1) is 45.8. The average Bonchev–Trinajstić information content (AvgIpc) is 1.75. The summed E-state index contributed by atoms with van der Waals surface area (Å²) < 4.78 is 84.8. The Hall–Kier alpha value is -10.7. The lowest BCUT2D eigenvalue weighted by atomic mass is 9.93. The molecule has 93 heavy (non-hydrogen) atoms. The molecule has 15 heteroatoms. The van der Waals surface area contributed by atoms with E-state index in [1.165, 1.54) is 0 Å². The standard InChI is InChI=1S/C78H68O15/c79-75(62-41-69(85-50-58-30-16-5-17-31-58)73(87-52-60-34-20-7-21-35-60)70(42-62)86-51-59-32-18-6-19-33-59)90-71-45-64-66(89-72(71)61-36-37-65(83-48-56-26-12-3-13-27-56)68(40-61)84-49-57-28-14-4-15-29-57)43-63(82-47-55-24-10-2-11-25-55)44-67(64)91-76-74-78(53-88-76,93-77(80)92-74)38-39-81-46-54-22-8-1-9-23-54/h1-37,40-44,71-72,74,76H,38-39,45-53H2/t71-,72-,74+,76+,78-/m1/s1. The minimum atomic E-state index is -1.22. The van der Waals surface area contributed by atoms with Gasteiger partial charge in [0.1, 0.15) is 63.0 Å². The molecule has 0 aromatic heterocycles. The van der Waals surface area contributed by atoms with Crippen LogP contribution in [0.25, 0.3) is 0 Å². The Kier molecular flexibility index (Phi) is 19.4. The molecule has 2 fully saturated rings. The van der Waals surface area contributed by atoms with E-state index >= 15 is 4.79 Å². The molecule has 0 saturated carbocycles. The topological polar surface area (TPSA) is 154 Å². The van der Waals surface area contributed by atoms with Gasteiger partial charge in [0, 0.05) is 36.1 Å². The van der Waals surface area contributed by atoms with Crippen LogP contribution in [0.2, 0.25) is 0 Å². The van der Waals surface area contributed by atoms with Gasteiger partial charge in [-0.25, -0.2) is 9.59 Å². The first kappa shape index (κ1) is 61.1. The highest BCUT2D eigenvalue weighted by atomic mass is 16.8. The van der Waals surface area contributed by atoms with Gasteiger partial charge in [0.2, 0.25) is 18.1 Å². The van der Waals surface area contributed by atoms with Gasteiger partial charge in [0.05, 0.1) is 25.4 Å². The number of hydrogen-bond donors (Lipinski definition) is 0. The Labute approximate surface area is 539 Å². The lowest BCUT2D eigenvalue weighted by Crippen LogP contribution is -2.44. The Bertz CT molecular complexity index is 4010. The van der Waals surface area contributed by atoms with Crippen LogP contribution >= 0.6 is 0 Å². The summed E-state index contributed by atoms with van der Waals surface area (Å²) in [6, 6.07) is 80.9. The summed E-state index contributed by atoms with van der Waals surface area (Å²) in [4.78, 5) is 28.7. The summed E-state index contributed by atoms with van der Waals surface area (Å²) in [6.45, 7) is 1.75. The summed E-state index contributed by atoms with van der Waals surface area (Å²) >= 11 is 0. The molecule has 15 nitrogen and oxygen atoms in total. The van der Waals surface area contributed by atoms with Crippen LogP contribution in [-0.2, 0) is 76.4 Å².